The van der Waals surface area contributed by atoms with Crippen molar-refractivity contribution in [1.29, 1.82) is 0 Å². The molecule has 2 heterocycles. The lowest BCUT2D eigenvalue weighted by molar-refractivity contribution is -0.179. The number of likely N-dealkylation sites (tertiary alicyclic amines) is 1. The van der Waals surface area contributed by atoms with Crippen LogP contribution in [0.25, 0.3) is 0 Å². The van der Waals surface area contributed by atoms with E-state index in [9.17, 15) is 19.6 Å². The van der Waals surface area contributed by atoms with Crippen molar-refractivity contribution < 1.29 is 19.6 Å². The van der Waals surface area contributed by atoms with Crippen LogP contribution in [0.3, 0.4) is 0 Å². The van der Waals surface area contributed by atoms with Gasteiger partial charge < -0.3 is 16.4 Å². The van der Waals surface area contributed by atoms with Gasteiger partial charge in [-0.2, -0.15) is 5.06 Å². The zero-order valence-electron chi connectivity index (χ0n) is 12.9. The topological polar surface area (TPSA) is 130 Å². The quantitative estimate of drug-likeness (QED) is 0.269. The van der Waals surface area contributed by atoms with E-state index in [2.05, 4.69) is 31.9 Å². The number of hydroxylamine groups is 2. The Labute approximate surface area is 169 Å². The number of imide groups is 1. The van der Waals surface area contributed by atoms with E-state index in [4.69, 9.17) is 23.1 Å². The number of carbonyl (C=O) groups excluding carboxylic acids is 3. The van der Waals surface area contributed by atoms with Crippen molar-refractivity contribution in [3.05, 3.63) is 42.1 Å². The van der Waals surface area contributed by atoms with Crippen LogP contribution in [0.5, 0.6) is 0 Å². The number of halogens is 3. The summed E-state index contributed by atoms with van der Waals surface area (Å²) in [5, 5.41) is 9.92. The molecule has 26 heavy (non-hydrogen) atoms. The minimum atomic E-state index is -1.22. The average Bonchev–Trinajstić information content (AvgIpc) is 2.57. The molecule has 0 spiro atoms. The van der Waals surface area contributed by atoms with Gasteiger partial charge >= 0.3 is 0 Å². The smallest absolute Gasteiger partial charge is 0.288 e. The van der Waals surface area contributed by atoms with Gasteiger partial charge in [0.15, 0.2) is 0 Å². The van der Waals surface area contributed by atoms with Crippen molar-refractivity contribution in [3.8, 4) is 0 Å². The second-order valence-electron chi connectivity index (χ2n) is 6.29. The van der Waals surface area contributed by atoms with E-state index in [0.29, 0.717) is 28.8 Å². The van der Waals surface area contributed by atoms with E-state index in [-0.39, 0.29) is 37.5 Å². The van der Waals surface area contributed by atoms with Gasteiger partial charge in [0.05, 0.1) is 20.8 Å². The van der Waals surface area contributed by atoms with Gasteiger partial charge in [0.2, 0.25) is 5.78 Å². The fraction of sp³-hybridized carbons (Fsp3) is 0.267. The summed E-state index contributed by atoms with van der Waals surface area (Å²) in [7, 11) is 0. The molecule has 2 aliphatic carbocycles. The largest absolute Gasteiger partial charge is 0.400 e. The monoisotopic (exact) mass is 504 g/mol. The summed E-state index contributed by atoms with van der Waals surface area (Å²) in [6, 6.07) is -0.0427. The third-order valence-corrected chi connectivity index (χ3v) is 7.24. The SMILES string of the molecule is NC1=C(Cl)C(N2CC(N)C2)=C2C(Br)=C(Br)C(=O)C3=C2C1C(=O)N(O)C3=O. The van der Waals surface area contributed by atoms with Crippen LogP contribution in [0.15, 0.2) is 42.1 Å². The summed E-state index contributed by atoms with van der Waals surface area (Å²) < 4.78 is 0.452. The fourth-order valence-electron chi connectivity index (χ4n) is 3.52. The molecule has 136 valence electrons. The molecule has 1 atom stereocenters. The van der Waals surface area contributed by atoms with Gasteiger partial charge in [0.25, 0.3) is 11.8 Å². The van der Waals surface area contributed by atoms with Crippen molar-refractivity contribution in [2.24, 2.45) is 17.4 Å². The molecule has 0 saturated carbocycles. The maximum Gasteiger partial charge on any atom is 0.288 e. The number of hydrogen-bond donors (Lipinski definition) is 3. The molecule has 1 unspecified atom stereocenters. The Balaban J connectivity index is 2.08. The first-order valence-corrected chi connectivity index (χ1v) is 9.45. The lowest BCUT2D eigenvalue weighted by Crippen LogP contribution is -2.57. The Morgan fingerprint density at radius 2 is 1.73 bits per heavy atom. The number of hydrogen-bond acceptors (Lipinski definition) is 7. The number of nitrogens with zero attached hydrogens (tertiary/aromatic N) is 2. The molecule has 5 N–H and O–H groups in total. The molecule has 0 aromatic carbocycles. The van der Waals surface area contributed by atoms with Gasteiger partial charge in [-0.05, 0) is 37.4 Å². The molecule has 2 aliphatic heterocycles. The predicted octanol–water partition coefficient (Wildman–Crippen LogP) is 0.561. The Morgan fingerprint density at radius 3 is 2.31 bits per heavy atom. The number of rotatable bonds is 1. The Kier molecular flexibility index (Phi) is 3.98. The molecule has 0 aromatic rings. The molecule has 2 amide bonds. The molecule has 0 aromatic heterocycles. The highest BCUT2D eigenvalue weighted by Crippen LogP contribution is 2.52. The van der Waals surface area contributed by atoms with E-state index in [1.807, 2.05) is 4.90 Å². The van der Waals surface area contributed by atoms with E-state index < -0.39 is 23.5 Å². The Morgan fingerprint density at radius 1 is 1.12 bits per heavy atom. The number of amides is 2. The molecular formula is C15H11Br2ClN4O4. The van der Waals surface area contributed by atoms with Crippen LogP contribution in [0.1, 0.15) is 0 Å². The standard InChI is InChI=1S/C15H11Br2ClN4O4/c16-8-5-4-6(11(20)10(18)12(5)21-1-3(19)2-21)14(24)22(26)15(25)7(4)13(23)9(8)17/h3,6,26H,1-2,19-20H2. The first kappa shape index (κ1) is 17.9. The van der Waals surface area contributed by atoms with Gasteiger partial charge in [-0.15, -0.1) is 0 Å². The highest BCUT2D eigenvalue weighted by atomic mass is 79.9. The van der Waals surface area contributed by atoms with Crippen LogP contribution in [0.4, 0.5) is 0 Å². The van der Waals surface area contributed by atoms with Crippen LogP contribution in [0.2, 0.25) is 0 Å². The zero-order chi connectivity index (χ0) is 19.1. The molecule has 1 saturated heterocycles. The first-order chi connectivity index (χ1) is 12.2. The van der Waals surface area contributed by atoms with E-state index >= 15 is 0 Å². The van der Waals surface area contributed by atoms with Crippen LogP contribution in [-0.4, -0.2) is 51.9 Å². The van der Waals surface area contributed by atoms with E-state index in [1.165, 1.54) is 0 Å². The van der Waals surface area contributed by atoms with Gasteiger partial charge in [0, 0.05) is 34.9 Å². The summed E-state index contributed by atoms with van der Waals surface area (Å²) in [6.45, 7) is 1.02. The lowest BCUT2D eigenvalue weighted by Gasteiger charge is -2.45. The fourth-order valence-corrected chi connectivity index (χ4v) is 4.82. The highest BCUT2D eigenvalue weighted by molar-refractivity contribution is 9.14. The van der Waals surface area contributed by atoms with E-state index in [1.54, 1.807) is 0 Å². The molecular weight excluding hydrogens is 495 g/mol. The van der Waals surface area contributed by atoms with Crippen molar-refractivity contribution >= 4 is 61.1 Å². The van der Waals surface area contributed by atoms with Crippen LogP contribution in [-0.2, 0) is 14.4 Å². The minimum Gasteiger partial charge on any atom is -0.400 e. The molecule has 11 heteroatoms. The highest BCUT2D eigenvalue weighted by Gasteiger charge is 2.52. The van der Waals surface area contributed by atoms with Crippen LogP contribution >= 0.6 is 43.5 Å². The van der Waals surface area contributed by atoms with E-state index in [0.717, 1.165) is 0 Å². The van der Waals surface area contributed by atoms with Crippen LogP contribution in [0, 0.1) is 5.92 Å². The van der Waals surface area contributed by atoms with Crippen molar-refractivity contribution in [2.75, 3.05) is 13.1 Å². The number of Topliss-reactive ketones (excluding diaryl/α,β-unsaturated/α-hetero) is 1. The summed E-state index contributed by atoms with van der Waals surface area (Å²) in [4.78, 5) is 39.5. The number of carbonyl (C=O) groups is 3. The van der Waals surface area contributed by atoms with Gasteiger partial charge in [0.1, 0.15) is 5.92 Å². The minimum absolute atomic E-state index is 0.0268. The third-order valence-electron chi connectivity index (χ3n) is 4.76. The molecule has 0 radical (unpaired) electrons. The van der Waals surface area contributed by atoms with Crippen molar-refractivity contribution in [2.45, 2.75) is 6.04 Å². The van der Waals surface area contributed by atoms with Gasteiger partial charge in [-0.1, -0.05) is 11.6 Å². The maximum absolute atomic E-state index is 12.7. The maximum atomic E-state index is 12.7. The van der Waals surface area contributed by atoms with Gasteiger partial charge in [-0.25, -0.2) is 0 Å². The zero-order valence-corrected chi connectivity index (χ0v) is 16.9. The summed E-state index contributed by atoms with van der Waals surface area (Å²) in [5.74, 6) is -3.91. The van der Waals surface area contributed by atoms with Crippen molar-refractivity contribution in [3.63, 3.8) is 0 Å². The normalized spacial score (nSPS) is 27.0. The first-order valence-electron chi connectivity index (χ1n) is 7.49. The average molecular weight is 507 g/mol. The summed E-state index contributed by atoms with van der Waals surface area (Å²) in [5.41, 5.74) is 12.7. The third kappa shape index (κ3) is 2.10. The van der Waals surface area contributed by atoms with Crippen LogP contribution < -0.4 is 11.5 Å². The summed E-state index contributed by atoms with van der Waals surface area (Å²) >= 11 is 13.0. The molecule has 8 nitrogen and oxygen atoms in total. The molecule has 4 aliphatic rings. The summed E-state index contributed by atoms with van der Waals surface area (Å²) in [6.07, 6.45) is 0. The van der Waals surface area contributed by atoms with Crippen molar-refractivity contribution in [1.82, 2.24) is 9.96 Å². The number of ketones is 1. The Hall–Kier alpha value is -1.46. The molecule has 4 rings (SSSR count). The Bertz CT molecular complexity index is 945. The second-order valence-corrected chi connectivity index (χ2v) is 8.26. The lowest BCUT2D eigenvalue weighted by atomic mass is 9.74. The number of allylic oxidation sites excluding steroid dienone is 4. The molecule has 0 bridgehead atoms. The molecule has 1 fully saturated rings. The number of nitrogens with two attached hydrogens (primary N) is 2. The van der Waals surface area contributed by atoms with Gasteiger partial charge in [-0.3, -0.25) is 19.6 Å². The second kappa shape index (κ2) is 5.77. The predicted molar refractivity (Wildman–Crippen MR) is 97.7 cm³/mol.